The molecule has 1 aromatic rings. The van der Waals surface area contributed by atoms with Gasteiger partial charge in [-0.2, -0.15) is 0 Å². The highest BCUT2D eigenvalue weighted by atomic mass is 16.7. The Balaban J connectivity index is 2.59. The maximum absolute atomic E-state index is 11.7. The first kappa shape index (κ1) is 14.8. The molecule has 0 N–H and O–H groups in total. The van der Waals surface area contributed by atoms with E-state index in [4.69, 9.17) is 14.2 Å². The van der Waals surface area contributed by atoms with Gasteiger partial charge in [-0.15, -0.1) is 0 Å². The van der Waals surface area contributed by atoms with Crippen molar-refractivity contribution in [3.63, 3.8) is 0 Å². The minimum absolute atomic E-state index is 0.0687. The largest absolute Gasteiger partial charge is 0.454 e. The molecule has 0 bridgehead atoms. The minimum atomic E-state index is -0.623. The number of benzene rings is 1. The summed E-state index contributed by atoms with van der Waals surface area (Å²) in [6, 6.07) is 4.78. The summed E-state index contributed by atoms with van der Waals surface area (Å²) >= 11 is 0. The summed E-state index contributed by atoms with van der Waals surface area (Å²) in [6.07, 6.45) is 0. The van der Waals surface area contributed by atoms with Gasteiger partial charge in [0.05, 0.1) is 0 Å². The number of rotatable bonds is 4. The van der Waals surface area contributed by atoms with Crippen molar-refractivity contribution in [1.82, 2.24) is 0 Å². The molecule has 1 heterocycles. The molecule has 21 heavy (non-hydrogen) atoms. The van der Waals surface area contributed by atoms with Crippen LogP contribution < -0.4 is 9.47 Å². The van der Waals surface area contributed by atoms with Gasteiger partial charge in [0.25, 0.3) is 0 Å². The summed E-state index contributed by atoms with van der Waals surface area (Å²) < 4.78 is 15.5. The highest BCUT2D eigenvalue weighted by Gasteiger charge is 2.23. The highest BCUT2D eigenvalue weighted by molar-refractivity contribution is 6.23. The second-order valence-electron chi connectivity index (χ2n) is 4.48. The van der Waals surface area contributed by atoms with Gasteiger partial charge in [-0.25, -0.2) is 0 Å². The van der Waals surface area contributed by atoms with Crippen LogP contribution in [0.5, 0.6) is 11.5 Å². The summed E-state index contributed by atoms with van der Waals surface area (Å²) in [7, 11) is 0. The number of carbonyl (C=O) groups is 3. The van der Waals surface area contributed by atoms with E-state index >= 15 is 0 Å². The van der Waals surface area contributed by atoms with Crippen LogP contribution in [0.4, 0.5) is 0 Å². The lowest BCUT2D eigenvalue weighted by Crippen LogP contribution is -2.13. The van der Waals surface area contributed by atoms with Crippen LogP contribution in [0.25, 0.3) is 5.76 Å². The van der Waals surface area contributed by atoms with Crippen LogP contribution in [0.2, 0.25) is 0 Å². The molecule has 0 unspecified atom stereocenters. The van der Waals surface area contributed by atoms with Crippen LogP contribution in [-0.4, -0.2) is 24.3 Å². The number of carbonyl (C=O) groups excluding carboxylic acids is 3. The zero-order valence-corrected chi connectivity index (χ0v) is 11.9. The third kappa shape index (κ3) is 3.10. The van der Waals surface area contributed by atoms with Gasteiger partial charge in [0.15, 0.2) is 28.8 Å². The van der Waals surface area contributed by atoms with Gasteiger partial charge in [0.1, 0.15) is 5.57 Å². The molecule has 110 valence electrons. The fraction of sp³-hybridized carbons (Fsp3) is 0.267. The molecule has 6 heteroatoms. The average molecular weight is 290 g/mol. The monoisotopic (exact) mass is 290 g/mol. The normalized spacial score (nSPS) is 11.8. The second kappa shape index (κ2) is 5.78. The number of ketones is 2. The Bertz CT molecular complexity index is 640. The van der Waals surface area contributed by atoms with E-state index < -0.39 is 17.5 Å². The van der Waals surface area contributed by atoms with Gasteiger partial charge in [-0.1, -0.05) is 0 Å². The molecule has 0 radical (unpaired) electrons. The van der Waals surface area contributed by atoms with Gasteiger partial charge in [-0.05, 0) is 32.0 Å². The Morgan fingerprint density at radius 2 is 1.62 bits per heavy atom. The fourth-order valence-electron chi connectivity index (χ4n) is 2.00. The maximum Gasteiger partial charge on any atom is 0.308 e. The Labute approximate surface area is 121 Å². The van der Waals surface area contributed by atoms with Crippen LogP contribution in [0, 0.1) is 0 Å². The summed E-state index contributed by atoms with van der Waals surface area (Å²) in [4.78, 5) is 34.7. The summed E-state index contributed by atoms with van der Waals surface area (Å²) in [5, 5.41) is 0. The fourth-order valence-corrected chi connectivity index (χ4v) is 2.00. The summed E-state index contributed by atoms with van der Waals surface area (Å²) in [5.74, 6) is -0.631. The molecule has 0 atom stereocenters. The topological polar surface area (TPSA) is 78.9 Å². The van der Waals surface area contributed by atoms with Crippen LogP contribution >= 0.6 is 0 Å². The number of allylic oxidation sites excluding steroid dienone is 1. The lowest BCUT2D eigenvalue weighted by molar-refractivity contribution is -0.134. The van der Waals surface area contributed by atoms with E-state index in [1.165, 1.54) is 20.8 Å². The Morgan fingerprint density at radius 1 is 1.00 bits per heavy atom. The molecular formula is C15H14O6. The molecule has 6 nitrogen and oxygen atoms in total. The molecule has 2 rings (SSSR count). The van der Waals surface area contributed by atoms with Crippen molar-refractivity contribution in [2.75, 3.05) is 6.79 Å². The van der Waals surface area contributed by atoms with E-state index in [0.717, 1.165) is 0 Å². The molecule has 0 spiro atoms. The predicted octanol–water partition coefficient (Wildman–Crippen LogP) is 1.87. The van der Waals surface area contributed by atoms with Gasteiger partial charge < -0.3 is 14.2 Å². The van der Waals surface area contributed by atoms with Gasteiger partial charge in [-0.3, -0.25) is 14.4 Å². The lowest BCUT2D eigenvalue weighted by Gasteiger charge is -2.11. The van der Waals surface area contributed by atoms with Crippen molar-refractivity contribution in [2.45, 2.75) is 20.8 Å². The molecule has 0 aliphatic carbocycles. The Hall–Kier alpha value is -2.63. The van der Waals surface area contributed by atoms with Crippen molar-refractivity contribution in [2.24, 2.45) is 0 Å². The van der Waals surface area contributed by atoms with E-state index in [9.17, 15) is 14.4 Å². The third-order valence-corrected chi connectivity index (χ3v) is 2.81. The van der Waals surface area contributed by atoms with Crippen molar-refractivity contribution in [3.05, 3.63) is 29.3 Å². The smallest absolute Gasteiger partial charge is 0.308 e. The van der Waals surface area contributed by atoms with Crippen molar-refractivity contribution >= 4 is 23.3 Å². The summed E-state index contributed by atoms with van der Waals surface area (Å²) in [6.45, 7) is 3.78. The molecule has 0 aromatic heterocycles. The van der Waals surface area contributed by atoms with Gasteiger partial charge in [0.2, 0.25) is 6.79 Å². The number of fused-ring (bicyclic) bond motifs is 1. The van der Waals surface area contributed by atoms with Crippen molar-refractivity contribution < 1.29 is 28.6 Å². The standard InChI is InChI=1S/C15H14O6/c1-8(16)14(9(2)17)15(21-10(3)18)11-4-5-12-13(6-11)20-7-19-12/h4-6H,7H2,1-3H3. The summed E-state index contributed by atoms with van der Waals surface area (Å²) in [5.41, 5.74) is 0.235. The quantitative estimate of drug-likeness (QED) is 0.277. The maximum atomic E-state index is 11.7. The number of hydrogen-bond acceptors (Lipinski definition) is 6. The van der Waals surface area contributed by atoms with Crippen molar-refractivity contribution in [1.29, 1.82) is 0 Å². The first-order valence-corrected chi connectivity index (χ1v) is 6.24. The number of Topliss-reactive ketones (excluding diaryl/α,β-unsaturated/α-hetero) is 2. The van der Waals surface area contributed by atoms with Crippen molar-refractivity contribution in [3.8, 4) is 11.5 Å². The van der Waals surface area contributed by atoms with Crippen LogP contribution in [0.15, 0.2) is 23.8 Å². The lowest BCUT2D eigenvalue weighted by atomic mass is 10.0. The van der Waals surface area contributed by atoms with E-state index in [2.05, 4.69) is 0 Å². The van der Waals surface area contributed by atoms with Crippen LogP contribution in [0.3, 0.4) is 0 Å². The zero-order valence-electron chi connectivity index (χ0n) is 11.9. The van der Waals surface area contributed by atoms with Crippen LogP contribution in [-0.2, 0) is 19.1 Å². The Morgan fingerprint density at radius 3 is 2.19 bits per heavy atom. The molecule has 0 saturated carbocycles. The van der Waals surface area contributed by atoms with E-state index in [1.54, 1.807) is 18.2 Å². The minimum Gasteiger partial charge on any atom is -0.454 e. The first-order chi connectivity index (χ1) is 9.90. The second-order valence-corrected chi connectivity index (χ2v) is 4.48. The predicted molar refractivity (Wildman–Crippen MR) is 72.6 cm³/mol. The van der Waals surface area contributed by atoms with Crippen LogP contribution in [0.1, 0.15) is 26.3 Å². The number of ether oxygens (including phenoxy) is 3. The third-order valence-electron chi connectivity index (χ3n) is 2.81. The zero-order chi connectivity index (χ0) is 15.6. The SMILES string of the molecule is CC(=O)OC(=C(C(C)=O)C(C)=O)c1ccc2c(c1)OCO2. The highest BCUT2D eigenvalue weighted by Crippen LogP contribution is 2.35. The van der Waals surface area contributed by atoms with Gasteiger partial charge in [0, 0.05) is 12.5 Å². The number of esters is 1. The molecule has 1 aliphatic rings. The molecule has 0 amide bonds. The van der Waals surface area contributed by atoms with E-state index in [1.807, 2.05) is 0 Å². The average Bonchev–Trinajstić information content (AvgIpc) is 2.83. The Kier molecular flexibility index (Phi) is 4.07. The van der Waals surface area contributed by atoms with E-state index in [-0.39, 0.29) is 18.1 Å². The van der Waals surface area contributed by atoms with E-state index in [0.29, 0.717) is 17.1 Å². The number of hydrogen-bond donors (Lipinski definition) is 0. The molecule has 0 fully saturated rings. The molecular weight excluding hydrogens is 276 g/mol. The molecule has 0 saturated heterocycles. The van der Waals surface area contributed by atoms with Gasteiger partial charge >= 0.3 is 5.97 Å². The molecule has 1 aliphatic heterocycles. The molecule has 1 aromatic carbocycles. The first-order valence-electron chi connectivity index (χ1n) is 6.24.